The highest BCUT2D eigenvalue weighted by Gasteiger charge is 2.36. The van der Waals surface area contributed by atoms with Gasteiger partial charge in [-0.1, -0.05) is 26.2 Å². The van der Waals surface area contributed by atoms with Crippen molar-refractivity contribution in [3.8, 4) is 0 Å². The molecule has 0 radical (unpaired) electrons. The van der Waals surface area contributed by atoms with Gasteiger partial charge < -0.3 is 15.6 Å². The summed E-state index contributed by atoms with van der Waals surface area (Å²) in [4.78, 5) is 0. The molecule has 100 valence electrons. The number of nitrogens with two attached hydrogens (primary N) is 1. The van der Waals surface area contributed by atoms with Crippen LogP contribution in [0.3, 0.4) is 0 Å². The molecular formula is C14H27NO2. The first-order chi connectivity index (χ1) is 8.24. The first kappa shape index (κ1) is 13.3. The molecule has 3 N–H and O–H groups in total. The lowest BCUT2D eigenvalue weighted by Gasteiger charge is -2.33. The van der Waals surface area contributed by atoms with Crippen molar-refractivity contribution in [1.29, 1.82) is 0 Å². The van der Waals surface area contributed by atoms with Gasteiger partial charge in [0.1, 0.15) is 0 Å². The zero-order chi connectivity index (χ0) is 12.3. The van der Waals surface area contributed by atoms with E-state index in [1.165, 1.54) is 32.1 Å². The van der Waals surface area contributed by atoms with Crippen LogP contribution >= 0.6 is 0 Å². The Labute approximate surface area is 105 Å². The van der Waals surface area contributed by atoms with Gasteiger partial charge in [0, 0.05) is 6.04 Å². The number of hydrogen-bond donors (Lipinski definition) is 2. The summed E-state index contributed by atoms with van der Waals surface area (Å²) < 4.78 is 6.06. The molecule has 17 heavy (non-hydrogen) atoms. The van der Waals surface area contributed by atoms with Crippen molar-refractivity contribution in [2.45, 2.75) is 70.1 Å². The second-order valence-corrected chi connectivity index (χ2v) is 5.83. The summed E-state index contributed by atoms with van der Waals surface area (Å²) >= 11 is 0. The third kappa shape index (κ3) is 3.67. The van der Waals surface area contributed by atoms with Crippen LogP contribution < -0.4 is 5.73 Å². The summed E-state index contributed by atoms with van der Waals surface area (Å²) in [6, 6.07) is 0.0435. The highest BCUT2D eigenvalue weighted by molar-refractivity contribution is 4.90. The van der Waals surface area contributed by atoms with E-state index < -0.39 is 0 Å². The molecule has 2 saturated carbocycles. The summed E-state index contributed by atoms with van der Waals surface area (Å²) in [5.74, 6) is 1.41. The second kappa shape index (κ2) is 6.17. The maximum absolute atomic E-state index is 9.42. The molecule has 2 fully saturated rings. The number of ether oxygens (including phenoxy) is 1. The third-order valence-corrected chi connectivity index (χ3v) is 4.45. The second-order valence-electron chi connectivity index (χ2n) is 5.83. The van der Waals surface area contributed by atoms with Crippen LogP contribution in [0.1, 0.15) is 51.9 Å². The third-order valence-electron chi connectivity index (χ3n) is 4.45. The topological polar surface area (TPSA) is 55.5 Å². The Kier molecular flexibility index (Phi) is 4.83. The zero-order valence-corrected chi connectivity index (χ0v) is 11.0. The molecule has 2 aliphatic carbocycles. The molecular weight excluding hydrogens is 214 g/mol. The smallest absolute Gasteiger partial charge is 0.0962 e. The Morgan fingerprint density at radius 2 is 2.06 bits per heavy atom. The van der Waals surface area contributed by atoms with Crippen LogP contribution in [0.25, 0.3) is 0 Å². The van der Waals surface area contributed by atoms with E-state index in [4.69, 9.17) is 10.5 Å². The minimum Gasteiger partial charge on any atom is -0.394 e. The van der Waals surface area contributed by atoms with Crippen LogP contribution in [0.5, 0.6) is 0 Å². The predicted molar refractivity (Wildman–Crippen MR) is 68.7 cm³/mol. The van der Waals surface area contributed by atoms with E-state index in [2.05, 4.69) is 6.92 Å². The van der Waals surface area contributed by atoms with Crippen LogP contribution in [-0.2, 0) is 4.74 Å². The average molecular weight is 241 g/mol. The normalized spacial score (nSPS) is 33.4. The number of rotatable bonds is 6. The minimum absolute atomic E-state index is 0.0435. The highest BCUT2D eigenvalue weighted by Crippen LogP contribution is 2.35. The van der Waals surface area contributed by atoms with Gasteiger partial charge in [-0.2, -0.15) is 0 Å². The average Bonchev–Trinajstić information content (AvgIpc) is 3.19. The summed E-state index contributed by atoms with van der Waals surface area (Å²) in [7, 11) is 0. The van der Waals surface area contributed by atoms with Crippen molar-refractivity contribution < 1.29 is 9.84 Å². The van der Waals surface area contributed by atoms with Crippen LogP contribution in [0.15, 0.2) is 0 Å². The largest absolute Gasteiger partial charge is 0.394 e. The predicted octanol–water partition coefficient (Wildman–Crippen LogP) is 2.07. The van der Waals surface area contributed by atoms with Gasteiger partial charge in [-0.3, -0.25) is 0 Å². The number of aliphatic hydroxyl groups is 1. The first-order valence-corrected chi connectivity index (χ1v) is 7.26. The molecule has 0 bridgehead atoms. The van der Waals surface area contributed by atoms with Gasteiger partial charge in [0.2, 0.25) is 0 Å². The number of hydrogen-bond acceptors (Lipinski definition) is 3. The van der Waals surface area contributed by atoms with Crippen molar-refractivity contribution in [2.24, 2.45) is 17.6 Å². The van der Waals surface area contributed by atoms with Gasteiger partial charge in [-0.15, -0.1) is 0 Å². The molecule has 4 atom stereocenters. The molecule has 0 saturated heterocycles. The molecule has 0 heterocycles. The van der Waals surface area contributed by atoms with E-state index in [0.29, 0.717) is 12.0 Å². The Bertz CT molecular complexity index is 230. The van der Waals surface area contributed by atoms with Crippen molar-refractivity contribution in [3.63, 3.8) is 0 Å². The Morgan fingerprint density at radius 1 is 1.29 bits per heavy atom. The lowest BCUT2D eigenvalue weighted by Crippen LogP contribution is -2.44. The van der Waals surface area contributed by atoms with E-state index in [9.17, 15) is 5.11 Å². The fraction of sp³-hybridized carbons (Fsp3) is 1.00. The van der Waals surface area contributed by atoms with Gasteiger partial charge in [0.05, 0.1) is 18.8 Å². The van der Waals surface area contributed by atoms with Gasteiger partial charge in [0.25, 0.3) is 0 Å². The molecule has 0 spiro atoms. The van der Waals surface area contributed by atoms with E-state index in [1.54, 1.807) is 0 Å². The van der Waals surface area contributed by atoms with Crippen LogP contribution in [0.2, 0.25) is 0 Å². The van der Waals surface area contributed by atoms with Crippen molar-refractivity contribution in [1.82, 2.24) is 0 Å². The van der Waals surface area contributed by atoms with Crippen LogP contribution in [0.4, 0.5) is 0 Å². The number of aliphatic hydroxyl groups excluding tert-OH is 1. The SMILES string of the molecule is CCC1CCCC(OC(CO)C(N)C2CC2)C1. The molecule has 2 rings (SSSR count). The molecule has 0 aromatic carbocycles. The van der Waals surface area contributed by atoms with Gasteiger partial charge in [-0.05, 0) is 37.5 Å². The van der Waals surface area contributed by atoms with E-state index in [-0.39, 0.29) is 18.8 Å². The zero-order valence-electron chi connectivity index (χ0n) is 11.0. The molecule has 0 aliphatic heterocycles. The van der Waals surface area contributed by atoms with Crippen molar-refractivity contribution >= 4 is 0 Å². The van der Waals surface area contributed by atoms with E-state index >= 15 is 0 Å². The first-order valence-electron chi connectivity index (χ1n) is 7.26. The summed E-state index contributed by atoms with van der Waals surface area (Å²) in [5.41, 5.74) is 6.13. The van der Waals surface area contributed by atoms with Gasteiger partial charge in [0.15, 0.2) is 0 Å². The van der Waals surface area contributed by atoms with E-state index in [0.717, 1.165) is 18.8 Å². The molecule has 3 heteroatoms. The van der Waals surface area contributed by atoms with Crippen LogP contribution in [-0.4, -0.2) is 30.0 Å². The van der Waals surface area contributed by atoms with Crippen molar-refractivity contribution in [2.75, 3.05) is 6.61 Å². The standard InChI is InChI=1S/C14H27NO2/c1-2-10-4-3-5-12(8-10)17-13(9-16)14(15)11-6-7-11/h10-14,16H,2-9,15H2,1H3. The van der Waals surface area contributed by atoms with Crippen LogP contribution in [0, 0.1) is 11.8 Å². The minimum atomic E-state index is -0.136. The summed E-state index contributed by atoms with van der Waals surface area (Å²) in [6.07, 6.45) is 8.77. The lowest BCUT2D eigenvalue weighted by molar-refractivity contribution is -0.0744. The Balaban J connectivity index is 1.80. The maximum atomic E-state index is 9.42. The molecule has 0 aromatic heterocycles. The summed E-state index contributed by atoms with van der Waals surface area (Å²) in [6.45, 7) is 2.33. The van der Waals surface area contributed by atoms with E-state index in [1.807, 2.05) is 0 Å². The molecule has 4 unspecified atom stereocenters. The molecule has 2 aliphatic rings. The lowest BCUT2D eigenvalue weighted by atomic mass is 9.85. The Morgan fingerprint density at radius 3 is 2.65 bits per heavy atom. The summed E-state index contributed by atoms with van der Waals surface area (Å²) in [5, 5.41) is 9.42. The van der Waals surface area contributed by atoms with Crippen molar-refractivity contribution in [3.05, 3.63) is 0 Å². The fourth-order valence-electron chi connectivity index (χ4n) is 3.02. The molecule has 0 amide bonds. The van der Waals surface area contributed by atoms with Gasteiger partial charge >= 0.3 is 0 Å². The highest BCUT2D eigenvalue weighted by atomic mass is 16.5. The van der Waals surface area contributed by atoms with Gasteiger partial charge in [-0.25, -0.2) is 0 Å². The quantitative estimate of drug-likeness (QED) is 0.748. The maximum Gasteiger partial charge on any atom is 0.0962 e. The Hall–Kier alpha value is -0.120. The molecule has 0 aromatic rings. The molecule has 3 nitrogen and oxygen atoms in total. The monoisotopic (exact) mass is 241 g/mol. The fourth-order valence-corrected chi connectivity index (χ4v) is 3.02.